The van der Waals surface area contributed by atoms with Crippen molar-refractivity contribution in [2.45, 2.75) is 31.2 Å². The number of hydrogen-bond donors (Lipinski definition) is 1. The zero-order valence-corrected chi connectivity index (χ0v) is 11.2. The first kappa shape index (κ1) is 11.9. The van der Waals surface area contributed by atoms with E-state index in [2.05, 4.69) is 17.1 Å². The van der Waals surface area contributed by atoms with Gasteiger partial charge in [-0.25, -0.2) is 9.97 Å². The number of aromatic nitrogens is 2. The zero-order chi connectivity index (χ0) is 13.5. The fourth-order valence-corrected chi connectivity index (χ4v) is 2.95. The summed E-state index contributed by atoms with van der Waals surface area (Å²) < 4.78 is 5.54. The van der Waals surface area contributed by atoms with Crippen LogP contribution in [-0.2, 0) is 6.42 Å². The number of nitrogens with zero attached hydrogens (tertiary/aromatic N) is 2. The van der Waals surface area contributed by atoms with Gasteiger partial charge in [0.05, 0.1) is 12.3 Å². The highest BCUT2D eigenvalue weighted by atomic mass is 16.5. The Kier molecular flexibility index (Phi) is 2.70. The normalized spacial score (nSPS) is 23.9. The molecule has 1 aromatic heterocycles. The molecule has 1 fully saturated rings. The number of fused-ring (bicyclic) bond motifs is 1. The minimum atomic E-state index is 0.324. The summed E-state index contributed by atoms with van der Waals surface area (Å²) in [6.07, 6.45) is 4.84. The van der Waals surface area contributed by atoms with Crippen molar-refractivity contribution in [1.29, 1.82) is 0 Å². The van der Waals surface area contributed by atoms with Crippen molar-refractivity contribution in [1.82, 2.24) is 9.97 Å². The Balaban J connectivity index is 1.66. The molecule has 1 aromatic carbocycles. The molecule has 0 radical (unpaired) electrons. The van der Waals surface area contributed by atoms with Gasteiger partial charge in [-0.1, -0.05) is 0 Å². The minimum Gasteiger partial charge on any atom is -0.493 e. The van der Waals surface area contributed by atoms with E-state index in [1.165, 1.54) is 5.56 Å². The quantitative estimate of drug-likeness (QED) is 0.906. The average molecular weight is 267 g/mol. The molecule has 2 heterocycles. The summed E-state index contributed by atoms with van der Waals surface area (Å²) in [5.41, 5.74) is 9.25. The summed E-state index contributed by atoms with van der Waals surface area (Å²) in [6, 6.07) is 8.59. The van der Waals surface area contributed by atoms with Gasteiger partial charge >= 0.3 is 0 Å². The molecule has 0 saturated heterocycles. The molecule has 1 aliphatic heterocycles. The molecule has 2 aromatic rings. The van der Waals surface area contributed by atoms with E-state index < -0.39 is 0 Å². The first-order valence-electron chi connectivity index (χ1n) is 7.14. The molecule has 0 unspecified atom stereocenters. The van der Waals surface area contributed by atoms with E-state index in [1.54, 1.807) is 0 Å². The van der Waals surface area contributed by atoms with Gasteiger partial charge in [-0.3, -0.25) is 0 Å². The van der Waals surface area contributed by atoms with Crippen LogP contribution in [0.5, 0.6) is 5.75 Å². The van der Waals surface area contributed by atoms with Gasteiger partial charge in [0.2, 0.25) is 0 Å². The van der Waals surface area contributed by atoms with E-state index in [9.17, 15) is 0 Å². The monoisotopic (exact) mass is 267 g/mol. The number of nitrogens with two attached hydrogens (primary N) is 1. The van der Waals surface area contributed by atoms with Crippen molar-refractivity contribution in [2.24, 2.45) is 5.73 Å². The van der Waals surface area contributed by atoms with E-state index in [0.29, 0.717) is 12.0 Å². The zero-order valence-electron chi connectivity index (χ0n) is 11.2. The predicted octanol–water partition coefficient (Wildman–Crippen LogP) is 2.28. The summed E-state index contributed by atoms with van der Waals surface area (Å²) in [5, 5.41) is 0. The van der Waals surface area contributed by atoms with Gasteiger partial charge in [-0.05, 0) is 42.7 Å². The van der Waals surface area contributed by atoms with Gasteiger partial charge in [-0.2, -0.15) is 0 Å². The van der Waals surface area contributed by atoms with Gasteiger partial charge in [-0.15, -0.1) is 0 Å². The van der Waals surface area contributed by atoms with Crippen molar-refractivity contribution >= 4 is 0 Å². The molecule has 20 heavy (non-hydrogen) atoms. The van der Waals surface area contributed by atoms with Crippen LogP contribution in [-0.4, -0.2) is 22.6 Å². The van der Waals surface area contributed by atoms with Crippen LogP contribution in [0, 0.1) is 0 Å². The third kappa shape index (κ3) is 1.96. The maximum Gasteiger partial charge on any atom is 0.132 e. The number of rotatable bonds is 2. The van der Waals surface area contributed by atoms with Gasteiger partial charge < -0.3 is 10.5 Å². The number of hydrogen-bond acceptors (Lipinski definition) is 4. The largest absolute Gasteiger partial charge is 0.493 e. The summed E-state index contributed by atoms with van der Waals surface area (Å²) in [4.78, 5) is 9.12. The highest BCUT2D eigenvalue weighted by Gasteiger charge is 2.29. The van der Waals surface area contributed by atoms with Gasteiger partial charge in [0.15, 0.2) is 0 Å². The molecular formula is C16H17N3O. The maximum atomic E-state index is 5.85. The van der Waals surface area contributed by atoms with Crippen molar-refractivity contribution in [3.63, 3.8) is 0 Å². The van der Waals surface area contributed by atoms with Crippen LogP contribution in [0.15, 0.2) is 30.5 Å². The minimum absolute atomic E-state index is 0.324. The summed E-state index contributed by atoms with van der Waals surface area (Å²) in [7, 11) is 0. The fraction of sp³-hybridized carbons (Fsp3) is 0.375. The summed E-state index contributed by atoms with van der Waals surface area (Å²) in [6.45, 7) is 0.785. The fourth-order valence-electron chi connectivity index (χ4n) is 2.95. The first-order valence-corrected chi connectivity index (χ1v) is 7.14. The Morgan fingerprint density at radius 2 is 2.10 bits per heavy atom. The van der Waals surface area contributed by atoms with Gasteiger partial charge in [0.1, 0.15) is 11.6 Å². The van der Waals surface area contributed by atoms with E-state index in [0.717, 1.165) is 48.7 Å². The lowest BCUT2D eigenvalue weighted by Crippen LogP contribution is -2.35. The van der Waals surface area contributed by atoms with Crippen LogP contribution in [0.1, 0.15) is 30.1 Å². The van der Waals surface area contributed by atoms with Crippen molar-refractivity contribution in [3.05, 3.63) is 41.9 Å². The molecule has 102 valence electrons. The van der Waals surface area contributed by atoms with Crippen LogP contribution >= 0.6 is 0 Å². The van der Waals surface area contributed by atoms with E-state index in [1.807, 2.05) is 18.3 Å². The molecule has 0 amide bonds. The molecule has 2 N–H and O–H groups in total. The Morgan fingerprint density at radius 3 is 2.95 bits per heavy atom. The molecule has 4 nitrogen and oxygen atoms in total. The Morgan fingerprint density at radius 1 is 1.20 bits per heavy atom. The lowest BCUT2D eigenvalue weighted by Gasteiger charge is -2.31. The molecule has 0 atom stereocenters. The molecule has 0 bridgehead atoms. The highest BCUT2D eigenvalue weighted by molar-refractivity contribution is 5.62. The van der Waals surface area contributed by atoms with Crippen LogP contribution < -0.4 is 10.5 Å². The number of ether oxygens (including phenoxy) is 1. The SMILES string of the molecule is NC1CC(c2nccc(-c3ccc4c(c3)CCO4)n2)C1. The van der Waals surface area contributed by atoms with Gasteiger partial charge in [0, 0.05) is 30.1 Å². The van der Waals surface area contributed by atoms with Crippen molar-refractivity contribution in [2.75, 3.05) is 6.61 Å². The summed E-state index contributed by atoms with van der Waals surface area (Å²) in [5.74, 6) is 2.37. The van der Waals surface area contributed by atoms with Crippen LogP contribution in [0.2, 0.25) is 0 Å². The molecule has 1 saturated carbocycles. The Labute approximate surface area is 118 Å². The molecule has 1 aliphatic carbocycles. The van der Waals surface area contributed by atoms with E-state index >= 15 is 0 Å². The first-order chi connectivity index (χ1) is 9.79. The number of benzene rings is 1. The second-order valence-corrected chi connectivity index (χ2v) is 5.65. The Hall–Kier alpha value is -1.94. The van der Waals surface area contributed by atoms with Crippen LogP contribution in [0.3, 0.4) is 0 Å². The van der Waals surface area contributed by atoms with Crippen molar-refractivity contribution < 1.29 is 4.74 Å². The highest BCUT2D eigenvalue weighted by Crippen LogP contribution is 2.35. The van der Waals surface area contributed by atoms with Crippen molar-refractivity contribution in [3.8, 4) is 17.0 Å². The third-order valence-corrected chi connectivity index (χ3v) is 4.20. The lowest BCUT2D eigenvalue weighted by molar-refractivity contribution is 0.338. The Bertz CT molecular complexity index is 650. The average Bonchev–Trinajstić information content (AvgIpc) is 2.91. The molecule has 0 spiro atoms. The predicted molar refractivity (Wildman–Crippen MR) is 76.6 cm³/mol. The topological polar surface area (TPSA) is 61.0 Å². The third-order valence-electron chi connectivity index (χ3n) is 4.20. The smallest absolute Gasteiger partial charge is 0.132 e. The van der Waals surface area contributed by atoms with Crippen LogP contribution in [0.4, 0.5) is 0 Å². The molecule has 4 heteroatoms. The second-order valence-electron chi connectivity index (χ2n) is 5.65. The summed E-state index contributed by atoms with van der Waals surface area (Å²) >= 11 is 0. The van der Waals surface area contributed by atoms with E-state index in [4.69, 9.17) is 15.5 Å². The maximum absolute atomic E-state index is 5.85. The molecule has 2 aliphatic rings. The lowest BCUT2D eigenvalue weighted by atomic mass is 9.80. The second kappa shape index (κ2) is 4.56. The van der Waals surface area contributed by atoms with Crippen LogP contribution in [0.25, 0.3) is 11.3 Å². The van der Waals surface area contributed by atoms with Gasteiger partial charge in [0.25, 0.3) is 0 Å². The van der Waals surface area contributed by atoms with E-state index in [-0.39, 0.29) is 0 Å². The molecule has 4 rings (SSSR count). The standard InChI is InChI=1S/C16H17N3O/c17-13-8-12(9-13)16-18-5-3-14(19-16)10-1-2-15-11(7-10)4-6-20-15/h1-3,5,7,12-13H,4,6,8-9,17H2. The molecular weight excluding hydrogens is 250 g/mol.